The smallest absolute Gasteiger partial charge is 0.264 e. The fraction of sp³-hybridized carbons (Fsp3) is 0.286. The van der Waals surface area contributed by atoms with Crippen LogP contribution in [0.4, 0.5) is 5.69 Å². The molecule has 0 radical (unpaired) electrons. The molecule has 0 spiro atoms. The first-order valence-electron chi connectivity index (χ1n) is 12.1. The van der Waals surface area contributed by atoms with Crippen molar-refractivity contribution in [2.45, 2.75) is 45.2 Å². The van der Waals surface area contributed by atoms with Crippen LogP contribution in [0.1, 0.15) is 30.5 Å². The first-order valence-corrected chi connectivity index (χ1v) is 14.3. The minimum atomic E-state index is -4.20. The molecule has 0 saturated heterocycles. The second kappa shape index (κ2) is 12.7. The minimum Gasteiger partial charge on any atom is -0.355 e. The van der Waals surface area contributed by atoms with Gasteiger partial charge in [-0.3, -0.25) is 13.9 Å². The van der Waals surface area contributed by atoms with Gasteiger partial charge < -0.3 is 10.2 Å². The summed E-state index contributed by atoms with van der Waals surface area (Å²) in [7, 11) is -4.20. The van der Waals surface area contributed by atoms with Crippen LogP contribution in [-0.2, 0) is 26.2 Å². The molecule has 3 rings (SSSR count). The summed E-state index contributed by atoms with van der Waals surface area (Å²) in [6.07, 6.45) is 0. The molecule has 0 aliphatic carbocycles. The fourth-order valence-electron chi connectivity index (χ4n) is 3.84. The number of rotatable bonds is 10. The fourth-order valence-corrected chi connectivity index (χ4v) is 5.76. The van der Waals surface area contributed by atoms with E-state index < -0.39 is 28.5 Å². The van der Waals surface area contributed by atoms with Crippen LogP contribution in [0.25, 0.3) is 0 Å². The summed E-state index contributed by atoms with van der Waals surface area (Å²) in [6.45, 7) is 7.15. The van der Waals surface area contributed by atoms with Crippen molar-refractivity contribution in [2.24, 2.45) is 0 Å². The van der Waals surface area contributed by atoms with Gasteiger partial charge in [0, 0.05) is 23.1 Å². The zero-order chi connectivity index (χ0) is 28.0. The molecule has 0 fully saturated rings. The minimum absolute atomic E-state index is 0.00820. The zero-order valence-electron chi connectivity index (χ0n) is 21.7. The molecule has 1 atom stereocenters. The largest absolute Gasteiger partial charge is 0.355 e. The molecule has 0 aromatic heterocycles. The Labute approximate surface area is 234 Å². The summed E-state index contributed by atoms with van der Waals surface area (Å²) in [5.74, 6) is -0.900. The molecular formula is C28H31Cl2N3O4S. The highest BCUT2D eigenvalue weighted by Crippen LogP contribution is 2.30. The van der Waals surface area contributed by atoms with Crippen molar-refractivity contribution >= 4 is 50.7 Å². The van der Waals surface area contributed by atoms with Crippen LogP contribution in [0, 0.1) is 13.8 Å². The van der Waals surface area contributed by atoms with E-state index in [0.29, 0.717) is 6.54 Å². The summed E-state index contributed by atoms with van der Waals surface area (Å²) >= 11 is 12.4. The van der Waals surface area contributed by atoms with Gasteiger partial charge in [0.05, 0.1) is 10.6 Å². The number of halogens is 2. The van der Waals surface area contributed by atoms with Gasteiger partial charge in [-0.15, -0.1) is 0 Å². The van der Waals surface area contributed by atoms with Crippen LogP contribution < -0.4 is 9.62 Å². The van der Waals surface area contributed by atoms with Crippen LogP contribution in [-0.4, -0.2) is 44.3 Å². The number of aryl methyl sites for hydroxylation is 2. The molecule has 1 unspecified atom stereocenters. The molecule has 3 aromatic rings. The Kier molecular flexibility index (Phi) is 9.82. The van der Waals surface area contributed by atoms with Crippen LogP contribution in [0.5, 0.6) is 0 Å². The maximum Gasteiger partial charge on any atom is 0.264 e. The van der Waals surface area contributed by atoms with E-state index in [1.54, 1.807) is 26.0 Å². The average molecular weight is 577 g/mol. The lowest BCUT2D eigenvalue weighted by molar-refractivity contribution is -0.139. The van der Waals surface area contributed by atoms with Gasteiger partial charge in [0.2, 0.25) is 11.8 Å². The molecule has 38 heavy (non-hydrogen) atoms. The SMILES string of the molecule is CCNC(=O)C(C)N(Cc1ccc(C)cc1)C(=O)CN(c1cc(Cl)cc(Cl)c1)S(=O)(=O)c1ccc(C)cc1. The Morgan fingerprint density at radius 3 is 1.95 bits per heavy atom. The highest BCUT2D eigenvalue weighted by Gasteiger charge is 2.32. The molecule has 2 amide bonds. The highest BCUT2D eigenvalue weighted by atomic mass is 35.5. The second-order valence-corrected chi connectivity index (χ2v) is 11.8. The number of amides is 2. The van der Waals surface area contributed by atoms with Gasteiger partial charge >= 0.3 is 0 Å². The van der Waals surface area contributed by atoms with Crippen LogP contribution in [0.3, 0.4) is 0 Å². The topological polar surface area (TPSA) is 86.8 Å². The Morgan fingerprint density at radius 2 is 1.42 bits per heavy atom. The van der Waals surface area contributed by atoms with Crippen molar-refractivity contribution < 1.29 is 18.0 Å². The predicted molar refractivity (Wildman–Crippen MR) is 152 cm³/mol. The van der Waals surface area contributed by atoms with E-state index in [4.69, 9.17) is 23.2 Å². The normalized spacial score (nSPS) is 12.1. The number of nitrogens with one attached hydrogen (secondary N) is 1. The monoisotopic (exact) mass is 575 g/mol. The number of sulfonamides is 1. The van der Waals surface area contributed by atoms with Crippen molar-refractivity contribution in [2.75, 3.05) is 17.4 Å². The Morgan fingerprint density at radius 1 is 0.895 bits per heavy atom. The number of hydrogen-bond acceptors (Lipinski definition) is 4. The van der Waals surface area contributed by atoms with Crippen molar-refractivity contribution in [1.29, 1.82) is 0 Å². The lowest BCUT2D eigenvalue weighted by Gasteiger charge is -2.32. The summed E-state index contributed by atoms with van der Waals surface area (Å²) < 4.78 is 28.6. The van der Waals surface area contributed by atoms with Crippen LogP contribution in [0.2, 0.25) is 10.0 Å². The first-order chi connectivity index (χ1) is 17.9. The third-order valence-corrected chi connectivity index (χ3v) is 8.24. The molecule has 0 heterocycles. The highest BCUT2D eigenvalue weighted by molar-refractivity contribution is 7.92. The van der Waals surface area contributed by atoms with Gasteiger partial charge in [0.1, 0.15) is 12.6 Å². The number of hydrogen-bond donors (Lipinski definition) is 1. The Bertz CT molecular complexity index is 1370. The Hall–Kier alpha value is -3.07. The van der Waals surface area contributed by atoms with Crippen molar-refractivity contribution in [1.82, 2.24) is 10.2 Å². The van der Waals surface area contributed by atoms with E-state index in [1.165, 1.54) is 35.2 Å². The van der Waals surface area contributed by atoms with Gasteiger partial charge in [-0.2, -0.15) is 0 Å². The quantitative estimate of drug-likeness (QED) is 0.352. The predicted octanol–water partition coefficient (Wildman–Crippen LogP) is 5.36. The summed E-state index contributed by atoms with van der Waals surface area (Å²) in [6, 6.07) is 17.4. The molecule has 0 aliphatic heterocycles. The number of carbonyl (C=O) groups excluding carboxylic acids is 2. The third kappa shape index (κ3) is 7.28. The van der Waals surface area contributed by atoms with Crippen molar-refractivity contribution in [3.05, 3.63) is 93.5 Å². The Balaban J connectivity index is 2.06. The van der Waals surface area contributed by atoms with E-state index in [0.717, 1.165) is 21.0 Å². The standard InChI is InChI=1S/C28H31Cl2N3O4S/c1-5-31-28(35)21(4)32(17-22-10-6-19(2)7-11-22)27(34)18-33(25-15-23(29)14-24(30)16-25)38(36,37)26-12-8-20(3)9-13-26/h6-16,21H,5,17-18H2,1-4H3,(H,31,35). The molecule has 3 aromatic carbocycles. The summed E-state index contributed by atoms with van der Waals surface area (Å²) in [5, 5.41) is 3.17. The van der Waals surface area contributed by atoms with Gasteiger partial charge in [-0.25, -0.2) is 8.42 Å². The molecule has 202 valence electrons. The number of anilines is 1. The number of carbonyl (C=O) groups is 2. The second-order valence-electron chi connectivity index (χ2n) is 9.03. The van der Waals surface area contributed by atoms with Gasteiger partial charge in [-0.1, -0.05) is 70.7 Å². The third-order valence-electron chi connectivity index (χ3n) is 6.01. The molecular weight excluding hydrogens is 545 g/mol. The molecule has 10 heteroatoms. The van der Waals surface area contributed by atoms with Gasteiger partial charge in [0.15, 0.2) is 0 Å². The van der Waals surface area contributed by atoms with Gasteiger partial charge in [0.25, 0.3) is 10.0 Å². The number of nitrogens with zero attached hydrogens (tertiary/aromatic N) is 2. The maximum absolute atomic E-state index is 13.8. The first kappa shape index (κ1) is 29.5. The lowest BCUT2D eigenvalue weighted by Crippen LogP contribution is -2.51. The van der Waals surface area contributed by atoms with E-state index >= 15 is 0 Å². The van der Waals surface area contributed by atoms with E-state index in [-0.39, 0.29) is 33.1 Å². The lowest BCUT2D eigenvalue weighted by atomic mass is 10.1. The van der Waals surface area contributed by atoms with Crippen molar-refractivity contribution in [3.63, 3.8) is 0 Å². The summed E-state index contributed by atoms with van der Waals surface area (Å²) in [4.78, 5) is 28.0. The van der Waals surface area contributed by atoms with E-state index in [2.05, 4.69) is 5.32 Å². The number of benzene rings is 3. The molecule has 1 N–H and O–H groups in total. The molecule has 0 bridgehead atoms. The van der Waals surface area contributed by atoms with E-state index in [9.17, 15) is 18.0 Å². The average Bonchev–Trinajstić information content (AvgIpc) is 2.86. The van der Waals surface area contributed by atoms with Gasteiger partial charge in [-0.05, 0) is 63.6 Å². The maximum atomic E-state index is 13.8. The van der Waals surface area contributed by atoms with Crippen LogP contribution >= 0.6 is 23.2 Å². The molecule has 0 saturated carbocycles. The van der Waals surface area contributed by atoms with E-state index in [1.807, 2.05) is 38.1 Å². The molecule has 0 aliphatic rings. The zero-order valence-corrected chi connectivity index (χ0v) is 24.1. The molecule has 7 nitrogen and oxygen atoms in total. The van der Waals surface area contributed by atoms with Crippen molar-refractivity contribution in [3.8, 4) is 0 Å². The summed E-state index contributed by atoms with van der Waals surface area (Å²) in [5.41, 5.74) is 2.88. The number of likely N-dealkylation sites (N-methyl/N-ethyl adjacent to an activating group) is 1. The van der Waals surface area contributed by atoms with Crippen LogP contribution in [0.15, 0.2) is 71.6 Å².